The molecule has 3 nitrogen and oxygen atoms in total. The lowest BCUT2D eigenvalue weighted by Crippen LogP contribution is -2.61. The Morgan fingerprint density at radius 3 is 1.70 bits per heavy atom. The molecule has 66 heavy (non-hydrogen) atoms. The quantitative estimate of drug-likeness (QED) is 0.163. The van der Waals surface area contributed by atoms with Gasteiger partial charge >= 0.3 is 0 Å². The van der Waals surface area contributed by atoms with E-state index < -0.39 is 0 Å². The number of anilines is 8. The molecule has 1 saturated carbocycles. The molecule has 1 fully saturated rings. The smallest absolute Gasteiger partial charge is 0.252 e. The number of benzene rings is 7. The molecule has 0 spiro atoms. The minimum Gasteiger partial charge on any atom is -0.334 e. The van der Waals surface area contributed by atoms with Crippen LogP contribution in [0, 0.1) is 0 Å². The van der Waals surface area contributed by atoms with Gasteiger partial charge in [-0.25, -0.2) is 0 Å². The van der Waals surface area contributed by atoms with Crippen molar-refractivity contribution in [2.75, 3.05) is 14.7 Å². The van der Waals surface area contributed by atoms with Crippen molar-refractivity contribution < 1.29 is 0 Å². The molecule has 0 saturated heterocycles. The zero-order chi connectivity index (χ0) is 46.1. The molecule has 1 aliphatic carbocycles. The van der Waals surface area contributed by atoms with Gasteiger partial charge in [0.05, 0.1) is 5.54 Å². The van der Waals surface area contributed by atoms with E-state index in [1.165, 1.54) is 108 Å². The molecule has 4 heteroatoms. The van der Waals surface area contributed by atoms with Crippen LogP contribution in [0.2, 0.25) is 0 Å². The van der Waals surface area contributed by atoms with E-state index in [1.807, 2.05) is 0 Å². The van der Waals surface area contributed by atoms with Crippen LogP contribution in [-0.4, -0.2) is 12.3 Å². The van der Waals surface area contributed by atoms with Gasteiger partial charge in [0.25, 0.3) is 6.71 Å². The van der Waals surface area contributed by atoms with Gasteiger partial charge in [0.15, 0.2) is 0 Å². The number of hydrogen-bond acceptors (Lipinski definition) is 3. The summed E-state index contributed by atoms with van der Waals surface area (Å²) in [6.45, 7) is 26.2. The van der Waals surface area contributed by atoms with Crippen molar-refractivity contribution in [3.05, 3.63) is 174 Å². The van der Waals surface area contributed by atoms with Crippen molar-refractivity contribution in [3.63, 3.8) is 0 Å². The minimum absolute atomic E-state index is 0.0124. The molecular formula is C62H66BN3. The predicted molar refractivity (Wildman–Crippen MR) is 285 cm³/mol. The summed E-state index contributed by atoms with van der Waals surface area (Å²) >= 11 is 0. The SMILES string of the molecule is CC(C)(C)c1ccc(-c2ccc3c(c2)C2(C)CCCCC2(C)N3c2cc3c4c(c2)N(c2cccc(C(C)(C)C)c2)c2cc(C(C)(C)C)ccc2B4c2ccccc2N3c2ccccc2)cc1. The Morgan fingerprint density at radius 2 is 1.00 bits per heavy atom. The molecule has 7 aromatic rings. The zero-order valence-electron chi connectivity index (χ0n) is 41.2. The van der Waals surface area contributed by atoms with Gasteiger partial charge < -0.3 is 14.7 Å². The van der Waals surface area contributed by atoms with E-state index >= 15 is 0 Å². The van der Waals surface area contributed by atoms with Crippen LogP contribution >= 0.6 is 0 Å². The first-order valence-corrected chi connectivity index (χ1v) is 24.6. The topological polar surface area (TPSA) is 9.72 Å². The molecule has 0 aromatic heterocycles. The third-order valence-electron chi connectivity index (χ3n) is 16.3. The maximum atomic E-state index is 2.80. The lowest BCUT2D eigenvalue weighted by Gasteiger charge is -2.51. The van der Waals surface area contributed by atoms with Gasteiger partial charge in [0.1, 0.15) is 0 Å². The summed E-state index contributed by atoms with van der Waals surface area (Å²) in [6, 6.07) is 58.9. The van der Waals surface area contributed by atoms with E-state index in [-0.39, 0.29) is 33.9 Å². The Labute approximate surface area is 395 Å². The third kappa shape index (κ3) is 6.45. The largest absolute Gasteiger partial charge is 0.334 e. The Hall–Kier alpha value is -6.00. The van der Waals surface area contributed by atoms with E-state index in [2.05, 4.69) is 243 Å². The first-order chi connectivity index (χ1) is 31.4. The second-order valence-corrected chi connectivity index (χ2v) is 23.4. The molecule has 2 unspecified atom stereocenters. The van der Waals surface area contributed by atoms with Crippen LogP contribution in [0.15, 0.2) is 152 Å². The van der Waals surface area contributed by atoms with Gasteiger partial charge in [0, 0.05) is 50.9 Å². The molecular weight excluding hydrogens is 798 g/mol. The van der Waals surface area contributed by atoms with Crippen LogP contribution in [0.3, 0.4) is 0 Å². The third-order valence-corrected chi connectivity index (χ3v) is 16.3. The lowest BCUT2D eigenvalue weighted by atomic mass is 9.33. The highest BCUT2D eigenvalue weighted by atomic mass is 15.3. The first kappa shape index (κ1) is 42.6. The van der Waals surface area contributed by atoms with E-state index in [1.54, 1.807) is 0 Å². The van der Waals surface area contributed by atoms with E-state index in [4.69, 9.17) is 0 Å². The predicted octanol–water partition coefficient (Wildman–Crippen LogP) is 15.1. The van der Waals surface area contributed by atoms with Crippen molar-refractivity contribution >= 4 is 68.6 Å². The van der Waals surface area contributed by atoms with Gasteiger partial charge in [-0.05, 0) is 146 Å². The van der Waals surface area contributed by atoms with Crippen molar-refractivity contribution in [3.8, 4) is 11.1 Å². The summed E-state index contributed by atoms with van der Waals surface area (Å²) in [5, 5.41) is 0. The van der Waals surface area contributed by atoms with Crippen molar-refractivity contribution in [1.29, 1.82) is 0 Å². The van der Waals surface area contributed by atoms with Crippen molar-refractivity contribution in [1.82, 2.24) is 0 Å². The van der Waals surface area contributed by atoms with Crippen LogP contribution in [-0.2, 0) is 21.7 Å². The van der Waals surface area contributed by atoms with Crippen molar-refractivity contribution in [2.45, 2.75) is 129 Å². The summed E-state index contributed by atoms with van der Waals surface area (Å²) in [7, 11) is 0. The van der Waals surface area contributed by atoms with Crippen LogP contribution in [0.1, 0.15) is 124 Å². The summed E-state index contributed by atoms with van der Waals surface area (Å²) in [5.41, 5.74) is 22.1. The van der Waals surface area contributed by atoms with Crippen molar-refractivity contribution in [2.24, 2.45) is 0 Å². The highest BCUT2D eigenvalue weighted by Gasteiger charge is 2.58. The molecule has 0 bridgehead atoms. The highest BCUT2D eigenvalue weighted by molar-refractivity contribution is 7.00. The summed E-state index contributed by atoms with van der Waals surface area (Å²) in [6.07, 6.45) is 4.75. The Morgan fingerprint density at radius 1 is 0.424 bits per heavy atom. The maximum Gasteiger partial charge on any atom is 0.252 e. The van der Waals surface area contributed by atoms with E-state index in [0.717, 1.165) is 12.8 Å². The highest BCUT2D eigenvalue weighted by Crippen LogP contribution is 2.62. The molecule has 7 aromatic carbocycles. The number of rotatable bonds is 4. The molecule has 332 valence electrons. The minimum atomic E-state index is -0.143. The Balaban J connectivity index is 1.21. The standard InChI is InChI=1S/C62H66BN3/c1-58(2,3)43-29-26-41(27-30-43)42-28-33-52-49(36-42)61(10)34-17-18-35-62(61,11)66(52)48-39-55-57-56(40-48)65(47-23-19-20-44(37-47)59(4,5)6)54-38-45(60(7,8)9)31-32-51(54)63(57)50-24-15-16-25-53(50)64(55)46-21-13-12-14-22-46/h12-16,19-33,36-40H,17-18,34-35H2,1-11H3. The molecule has 11 rings (SSSR count). The fourth-order valence-electron chi connectivity index (χ4n) is 12.3. The summed E-state index contributed by atoms with van der Waals surface area (Å²) in [5.74, 6) is 0. The molecule has 3 heterocycles. The Kier molecular flexibility index (Phi) is 9.53. The number of para-hydroxylation sites is 2. The van der Waals surface area contributed by atoms with Gasteiger partial charge in [-0.15, -0.1) is 0 Å². The normalized spacial score (nSPS) is 19.8. The fourth-order valence-corrected chi connectivity index (χ4v) is 12.3. The van der Waals surface area contributed by atoms with Gasteiger partial charge in [0.2, 0.25) is 0 Å². The number of hydrogen-bond donors (Lipinski definition) is 0. The van der Waals surface area contributed by atoms with E-state index in [0.29, 0.717) is 0 Å². The maximum absolute atomic E-state index is 2.80. The molecule has 4 aliphatic rings. The van der Waals surface area contributed by atoms with Gasteiger partial charge in [-0.3, -0.25) is 0 Å². The number of fused-ring (bicyclic) bond motifs is 7. The van der Waals surface area contributed by atoms with E-state index in [9.17, 15) is 0 Å². The molecule has 3 aliphatic heterocycles. The molecule has 0 amide bonds. The second kappa shape index (κ2) is 14.8. The fraction of sp³-hybridized carbons (Fsp3) is 0.323. The molecule has 0 radical (unpaired) electrons. The first-order valence-electron chi connectivity index (χ1n) is 24.6. The lowest BCUT2D eigenvalue weighted by molar-refractivity contribution is 0.195. The Bertz CT molecular complexity index is 3040. The average molecular weight is 864 g/mol. The van der Waals surface area contributed by atoms with Crippen LogP contribution in [0.5, 0.6) is 0 Å². The summed E-state index contributed by atoms with van der Waals surface area (Å²) < 4.78 is 0. The van der Waals surface area contributed by atoms with Gasteiger partial charge in [-0.1, -0.05) is 173 Å². The average Bonchev–Trinajstić information content (AvgIpc) is 3.50. The molecule has 2 atom stereocenters. The monoisotopic (exact) mass is 864 g/mol. The molecule has 0 N–H and O–H groups in total. The zero-order valence-corrected chi connectivity index (χ0v) is 41.2. The van der Waals surface area contributed by atoms with Crippen LogP contribution in [0.25, 0.3) is 11.1 Å². The van der Waals surface area contributed by atoms with Gasteiger partial charge in [-0.2, -0.15) is 0 Å². The summed E-state index contributed by atoms with van der Waals surface area (Å²) in [4.78, 5) is 8.00. The second-order valence-electron chi connectivity index (χ2n) is 23.4. The van der Waals surface area contributed by atoms with Crippen LogP contribution < -0.4 is 31.1 Å². The van der Waals surface area contributed by atoms with Crippen LogP contribution in [0.4, 0.5) is 45.5 Å². The number of nitrogens with zero attached hydrogens (tertiary/aromatic N) is 3.